The summed E-state index contributed by atoms with van der Waals surface area (Å²) in [6, 6.07) is 8.41. The normalized spacial score (nSPS) is 11.8. The van der Waals surface area contributed by atoms with E-state index >= 15 is 0 Å². The van der Waals surface area contributed by atoms with Crippen LogP contribution in [0, 0.1) is 0 Å². The van der Waals surface area contributed by atoms with Crippen molar-refractivity contribution in [3.63, 3.8) is 0 Å². The van der Waals surface area contributed by atoms with E-state index in [1.54, 1.807) is 19.2 Å². The first-order chi connectivity index (χ1) is 11.7. The third-order valence-electron chi connectivity index (χ3n) is 3.72. The molecule has 26 heavy (non-hydrogen) atoms. The molecule has 10 heteroatoms. The highest BCUT2D eigenvalue weighted by Gasteiger charge is 2.11. The van der Waals surface area contributed by atoms with Crippen molar-refractivity contribution in [1.82, 2.24) is 14.8 Å². The average molecular weight is 512 g/mol. The summed E-state index contributed by atoms with van der Waals surface area (Å²) in [6.45, 7) is 1.05. The van der Waals surface area contributed by atoms with Crippen LogP contribution in [0.1, 0.15) is 11.3 Å². The second-order valence-electron chi connectivity index (χ2n) is 5.71. The van der Waals surface area contributed by atoms with Crippen LogP contribution in [0.5, 0.6) is 0 Å². The van der Waals surface area contributed by atoms with Gasteiger partial charge in [-0.1, -0.05) is 23.7 Å². The first kappa shape index (κ1) is 22.7. The highest BCUT2D eigenvalue weighted by atomic mass is 127. The quantitative estimate of drug-likeness (QED) is 0.365. The van der Waals surface area contributed by atoms with E-state index in [0.29, 0.717) is 24.1 Å². The Balaban J connectivity index is 0.00000338. The van der Waals surface area contributed by atoms with Gasteiger partial charge in [0.15, 0.2) is 5.96 Å². The van der Waals surface area contributed by atoms with Gasteiger partial charge in [0.1, 0.15) is 0 Å². The van der Waals surface area contributed by atoms with Crippen LogP contribution < -0.4 is 10.5 Å². The fourth-order valence-corrected chi connectivity index (χ4v) is 3.30. The van der Waals surface area contributed by atoms with Crippen molar-refractivity contribution in [2.45, 2.75) is 18.0 Å². The molecule has 0 amide bonds. The molecule has 1 heterocycles. The van der Waals surface area contributed by atoms with Gasteiger partial charge in [-0.2, -0.15) is 0 Å². The van der Waals surface area contributed by atoms with Crippen molar-refractivity contribution >= 4 is 51.6 Å². The summed E-state index contributed by atoms with van der Waals surface area (Å²) < 4.78 is 24.8. The SMILES string of the molecule is CN=C(NCc1cccc(S(N)(=O)=O)c1)N(C)Cc1cc(Cl)cn1C.I. The number of nitrogens with zero attached hydrogens (tertiary/aromatic N) is 3. The minimum absolute atomic E-state index is 0. The number of nitrogens with two attached hydrogens (primary N) is 1. The molecule has 7 nitrogen and oxygen atoms in total. The molecule has 0 spiro atoms. The van der Waals surface area contributed by atoms with Crippen molar-refractivity contribution in [3.05, 3.63) is 52.8 Å². The van der Waals surface area contributed by atoms with Gasteiger partial charge in [0, 0.05) is 39.6 Å². The molecule has 0 saturated carbocycles. The summed E-state index contributed by atoms with van der Waals surface area (Å²) in [6.07, 6.45) is 1.85. The Morgan fingerprint density at radius 2 is 2.08 bits per heavy atom. The fraction of sp³-hybridized carbons (Fsp3) is 0.312. The zero-order valence-electron chi connectivity index (χ0n) is 14.8. The fourth-order valence-electron chi connectivity index (χ4n) is 2.44. The number of guanidine groups is 1. The van der Waals surface area contributed by atoms with Crippen LogP contribution in [0.3, 0.4) is 0 Å². The molecule has 2 aromatic rings. The minimum Gasteiger partial charge on any atom is -0.352 e. The molecule has 0 atom stereocenters. The summed E-state index contributed by atoms with van der Waals surface area (Å²) in [5, 5.41) is 9.06. The minimum atomic E-state index is -3.71. The molecule has 2 rings (SSSR count). The van der Waals surface area contributed by atoms with Gasteiger partial charge in [-0.05, 0) is 23.8 Å². The van der Waals surface area contributed by atoms with Gasteiger partial charge in [0.05, 0.1) is 16.5 Å². The first-order valence-electron chi connectivity index (χ1n) is 7.55. The number of hydrogen-bond acceptors (Lipinski definition) is 3. The Kier molecular flexibility index (Phi) is 8.38. The smallest absolute Gasteiger partial charge is 0.238 e. The Morgan fingerprint density at radius 3 is 2.62 bits per heavy atom. The summed E-state index contributed by atoms with van der Waals surface area (Å²) in [7, 11) is 1.83. The van der Waals surface area contributed by atoms with Crippen LogP contribution >= 0.6 is 35.6 Å². The molecular weight excluding hydrogens is 489 g/mol. The lowest BCUT2D eigenvalue weighted by Gasteiger charge is -2.22. The standard InChI is InChI=1S/C16H22ClN5O2S.HI/c1-19-16(22(3)11-14-8-13(17)10-21(14)2)20-9-12-5-4-6-15(7-12)25(18,23)24;/h4-8,10H,9,11H2,1-3H3,(H,19,20)(H2,18,23,24);1H. The van der Waals surface area contributed by atoms with Gasteiger partial charge < -0.3 is 14.8 Å². The number of primary sulfonamides is 1. The molecule has 3 N–H and O–H groups in total. The summed E-state index contributed by atoms with van der Waals surface area (Å²) in [4.78, 5) is 6.30. The molecule has 0 radical (unpaired) electrons. The van der Waals surface area contributed by atoms with E-state index in [9.17, 15) is 8.42 Å². The van der Waals surface area contributed by atoms with Crippen LogP contribution in [-0.4, -0.2) is 37.9 Å². The maximum absolute atomic E-state index is 11.4. The predicted octanol–water partition coefficient (Wildman–Crippen LogP) is 2.15. The molecule has 1 aromatic carbocycles. The van der Waals surface area contributed by atoms with Crippen LogP contribution in [0.15, 0.2) is 46.4 Å². The lowest BCUT2D eigenvalue weighted by atomic mass is 10.2. The molecule has 0 bridgehead atoms. The van der Waals surface area contributed by atoms with E-state index in [0.717, 1.165) is 11.3 Å². The number of rotatable bonds is 5. The maximum atomic E-state index is 11.4. The molecule has 1 aromatic heterocycles. The number of halogens is 2. The Bertz CT molecular complexity index is 883. The number of hydrogen-bond donors (Lipinski definition) is 2. The highest BCUT2D eigenvalue weighted by molar-refractivity contribution is 14.0. The van der Waals surface area contributed by atoms with Gasteiger partial charge in [0.25, 0.3) is 0 Å². The van der Waals surface area contributed by atoms with Crippen molar-refractivity contribution < 1.29 is 8.42 Å². The molecule has 0 aliphatic rings. The number of benzene rings is 1. The Labute approximate surface area is 176 Å². The zero-order chi connectivity index (χ0) is 18.6. The molecule has 0 unspecified atom stereocenters. The van der Waals surface area contributed by atoms with E-state index in [1.165, 1.54) is 6.07 Å². The van der Waals surface area contributed by atoms with Gasteiger partial charge in [0.2, 0.25) is 10.0 Å². The predicted molar refractivity (Wildman–Crippen MR) is 115 cm³/mol. The van der Waals surface area contributed by atoms with Crippen LogP contribution in [-0.2, 0) is 30.2 Å². The van der Waals surface area contributed by atoms with Gasteiger partial charge in [-0.3, -0.25) is 4.99 Å². The Morgan fingerprint density at radius 1 is 1.38 bits per heavy atom. The van der Waals surface area contributed by atoms with Gasteiger partial charge >= 0.3 is 0 Å². The van der Waals surface area contributed by atoms with E-state index in [4.69, 9.17) is 16.7 Å². The van der Waals surface area contributed by atoms with E-state index in [1.807, 2.05) is 41.9 Å². The summed E-state index contributed by atoms with van der Waals surface area (Å²) in [5.74, 6) is 0.679. The maximum Gasteiger partial charge on any atom is 0.238 e. The monoisotopic (exact) mass is 511 g/mol. The molecule has 0 saturated heterocycles. The number of nitrogens with one attached hydrogen (secondary N) is 1. The van der Waals surface area contributed by atoms with E-state index < -0.39 is 10.0 Å². The van der Waals surface area contributed by atoms with E-state index in [2.05, 4.69) is 10.3 Å². The largest absolute Gasteiger partial charge is 0.352 e. The molecule has 0 fully saturated rings. The van der Waals surface area contributed by atoms with Crippen molar-refractivity contribution in [2.75, 3.05) is 14.1 Å². The Hall–Kier alpha value is -1.30. The second-order valence-corrected chi connectivity index (χ2v) is 7.71. The van der Waals surface area contributed by atoms with Gasteiger partial charge in [-0.25, -0.2) is 13.6 Å². The third-order valence-corrected chi connectivity index (χ3v) is 4.84. The average Bonchev–Trinajstić information content (AvgIpc) is 2.85. The number of aryl methyl sites for hydroxylation is 1. The van der Waals surface area contributed by atoms with Gasteiger partial charge in [-0.15, -0.1) is 24.0 Å². The highest BCUT2D eigenvalue weighted by Crippen LogP contribution is 2.14. The lowest BCUT2D eigenvalue weighted by molar-refractivity contribution is 0.461. The molecule has 0 aliphatic heterocycles. The van der Waals surface area contributed by atoms with E-state index in [-0.39, 0.29) is 28.9 Å². The first-order valence-corrected chi connectivity index (χ1v) is 9.47. The number of sulfonamides is 1. The zero-order valence-corrected chi connectivity index (χ0v) is 18.7. The number of aromatic nitrogens is 1. The second kappa shape index (κ2) is 9.58. The van der Waals surface area contributed by atoms with Crippen LogP contribution in [0.2, 0.25) is 5.02 Å². The van der Waals surface area contributed by atoms with Crippen molar-refractivity contribution in [1.29, 1.82) is 0 Å². The van der Waals surface area contributed by atoms with Crippen LogP contribution in [0.4, 0.5) is 0 Å². The van der Waals surface area contributed by atoms with Crippen molar-refractivity contribution in [2.24, 2.45) is 17.2 Å². The molecule has 0 aliphatic carbocycles. The summed E-state index contributed by atoms with van der Waals surface area (Å²) in [5.41, 5.74) is 1.84. The number of aliphatic imine (C=N–C) groups is 1. The van der Waals surface area contributed by atoms with Crippen molar-refractivity contribution in [3.8, 4) is 0 Å². The molecular formula is C16H23ClIN5O2S. The summed E-state index contributed by atoms with van der Waals surface area (Å²) >= 11 is 6.01. The third kappa shape index (κ3) is 6.15. The van der Waals surface area contributed by atoms with Crippen LogP contribution in [0.25, 0.3) is 0 Å². The molecule has 144 valence electrons. The topological polar surface area (TPSA) is 92.7 Å². The lowest BCUT2D eigenvalue weighted by Crippen LogP contribution is -2.38.